The molecule has 2 nitrogen and oxygen atoms in total. The normalized spacial score (nSPS) is 17.2. The van der Waals surface area contributed by atoms with E-state index >= 15 is 0 Å². The molecule has 28 heavy (non-hydrogen) atoms. The molecule has 2 aromatic rings. The zero-order valence-electron chi connectivity index (χ0n) is 18.5. The number of fused-ring (bicyclic) bond motifs is 1. The van der Waals surface area contributed by atoms with E-state index in [9.17, 15) is 4.79 Å². The Morgan fingerprint density at radius 2 is 1.54 bits per heavy atom. The van der Waals surface area contributed by atoms with Gasteiger partial charge in [-0.05, 0) is 48.1 Å². The molecule has 150 valence electrons. The van der Waals surface area contributed by atoms with Crippen LogP contribution in [-0.4, -0.2) is 5.97 Å². The summed E-state index contributed by atoms with van der Waals surface area (Å²) < 4.78 is 6.24. The Morgan fingerprint density at radius 3 is 2.11 bits per heavy atom. The minimum atomic E-state index is -0.174. The summed E-state index contributed by atoms with van der Waals surface area (Å²) >= 11 is 0. The van der Waals surface area contributed by atoms with Crippen LogP contribution in [0.1, 0.15) is 88.1 Å². The third-order valence-electron chi connectivity index (χ3n) is 5.71. The SMILES string of the molecule is Cc1cc(C(C)(C)C)c(OC(=O)C2CCCc3ccccc32)c(C(C)(C)C)c1. The van der Waals surface area contributed by atoms with Crippen LogP contribution in [0.15, 0.2) is 36.4 Å². The summed E-state index contributed by atoms with van der Waals surface area (Å²) in [5, 5.41) is 0. The van der Waals surface area contributed by atoms with Crippen LogP contribution in [-0.2, 0) is 22.0 Å². The molecule has 2 aromatic carbocycles. The van der Waals surface area contributed by atoms with Gasteiger partial charge < -0.3 is 4.74 Å². The van der Waals surface area contributed by atoms with Gasteiger partial charge >= 0.3 is 5.97 Å². The van der Waals surface area contributed by atoms with Crippen molar-refractivity contribution in [3.63, 3.8) is 0 Å². The molecule has 0 aromatic heterocycles. The summed E-state index contributed by atoms with van der Waals surface area (Å²) in [6.45, 7) is 15.2. The Morgan fingerprint density at radius 1 is 0.964 bits per heavy atom. The molecule has 0 fully saturated rings. The zero-order chi connectivity index (χ0) is 20.7. The first-order valence-corrected chi connectivity index (χ1v) is 10.4. The highest BCUT2D eigenvalue weighted by molar-refractivity contribution is 5.82. The number of ether oxygens (including phenoxy) is 1. The van der Waals surface area contributed by atoms with Crippen molar-refractivity contribution in [2.24, 2.45) is 0 Å². The number of rotatable bonds is 2. The van der Waals surface area contributed by atoms with E-state index in [1.54, 1.807) is 0 Å². The second-order valence-electron chi connectivity index (χ2n) is 10.3. The highest BCUT2D eigenvalue weighted by Crippen LogP contribution is 2.42. The molecule has 0 heterocycles. The van der Waals surface area contributed by atoms with Gasteiger partial charge in [0.25, 0.3) is 0 Å². The molecule has 1 unspecified atom stereocenters. The van der Waals surface area contributed by atoms with Crippen LogP contribution < -0.4 is 4.74 Å². The van der Waals surface area contributed by atoms with Gasteiger partial charge in [0.05, 0.1) is 5.92 Å². The van der Waals surface area contributed by atoms with E-state index < -0.39 is 0 Å². The van der Waals surface area contributed by atoms with Crippen molar-refractivity contribution < 1.29 is 9.53 Å². The van der Waals surface area contributed by atoms with E-state index in [0.717, 1.165) is 41.7 Å². The molecule has 0 saturated carbocycles. The van der Waals surface area contributed by atoms with Crippen molar-refractivity contribution in [3.8, 4) is 5.75 Å². The highest BCUT2D eigenvalue weighted by Gasteiger charge is 2.32. The zero-order valence-corrected chi connectivity index (χ0v) is 18.5. The number of hydrogen-bond acceptors (Lipinski definition) is 2. The van der Waals surface area contributed by atoms with Crippen LogP contribution in [0, 0.1) is 6.92 Å². The molecule has 0 saturated heterocycles. The van der Waals surface area contributed by atoms with Gasteiger partial charge in [0, 0.05) is 11.1 Å². The first-order chi connectivity index (χ1) is 13.0. The summed E-state index contributed by atoms with van der Waals surface area (Å²) in [5.41, 5.74) is 5.63. The number of aryl methyl sites for hydroxylation is 2. The quantitative estimate of drug-likeness (QED) is 0.434. The van der Waals surface area contributed by atoms with Gasteiger partial charge in [-0.2, -0.15) is 0 Å². The fourth-order valence-corrected chi connectivity index (χ4v) is 4.17. The lowest BCUT2D eigenvalue weighted by molar-refractivity contribution is -0.136. The molecule has 0 aliphatic heterocycles. The largest absolute Gasteiger partial charge is 0.425 e. The third kappa shape index (κ3) is 4.16. The highest BCUT2D eigenvalue weighted by atomic mass is 16.5. The van der Waals surface area contributed by atoms with Crippen molar-refractivity contribution in [1.82, 2.24) is 0 Å². The predicted octanol–water partition coefficient (Wildman–Crippen LogP) is 6.62. The maximum atomic E-state index is 13.4. The van der Waals surface area contributed by atoms with Crippen LogP contribution in [0.5, 0.6) is 5.75 Å². The fraction of sp³-hybridized carbons (Fsp3) is 0.500. The molecule has 1 aliphatic rings. The van der Waals surface area contributed by atoms with Crippen LogP contribution in [0.2, 0.25) is 0 Å². The van der Waals surface area contributed by atoms with Crippen molar-refractivity contribution in [1.29, 1.82) is 0 Å². The van der Waals surface area contributed by atoms with Crippen molar-refractivity contribution >= 4 is 5.97 Å². The minimum Gasteiger partial charge on any atom is -0.425 e. The Bertz CT molecular complexity index is 843. The lowest BCUT2D eigenvalue weighted by Crippen LogP contribution is -2.27. The van der Waals surface area contributed by atoms with Crippen molar-refractivity contribution in [2.75, 3.05) is 0 Å². The summed E-state index contributed by atoms with van der Waals surface area (Å²) in [5.74, 6) is 0.470. The van der Waals surface area contributed by atoms with Crippen molar-refractivity contribution in [2.45, 2.75) is 84.5 Å². The van der Waals surface area contributed by atoms with E-state index in [-0.39, 0.29) is 22.7 Å². The minimum absolute atomic E-state index is 0.105. The van der Waals surface area contributed by atoms with Gasteiger partial charge in [-0.25, -0.2) is 0 Å². The van der Waals surface area contributed by atoms with Crippen LogP contribution >= 0.6 is 0 Å². The molecule has 0 N–H and O–H groups in total. The van der Waals surface area contributed by atoms with Gasteiger partial charge in [0.15, 0.2) is 0 Å². The van der Waals surface area contributed by atoms with Gasteiger partial charge in [-0.1, -0.05) is 83.5 Å². The Balaban J connectivity index is 2.06. The topological polar surface area (TPSA) is 26.3 Å². The van der Waals surface area contributed by atoms with Crippen LogP contribution in [0.4, 0.5) is 0 Å². The van der Waals surface area contributed by atoms with Gasteiger partial charge in [-0.15, -0.1) is 0 Å². The number of carbonyl (C=O) groups excluding carboxylic acids is 1. The number of benzene rings is 2. The Kier molecular flexibility index (Phi) is 5.44. The van der Waals surface area contributed by atoms with E-state index in [0.29, 0.717) is 0 Å². The lowest BCUT2D eigenvalue weighted by Gasteiger charge is -2.31. The number of carbonyl (C=O) groups is 1. The first kappa shape index (κ1) is 20.6. The summed E-state index contributed by atoms with van der Waals surface area (Å²) in [7, 11) is 0. The summed E-state index contributed by atoms with van der Waals surface area (Å²) in [6.07, 6.45) is 2.94. The summed E-state index contributed by atoms with van der Waals surface area (Å²) in [4.78, 5) is 13.4. The third-order valence-corrected chi connectivity index (χ3v) is 5.71. The van der Waals surface area contributed by atoms with Crippen LogP contribution in [0.25, 0.3) is 0 Å². The Hall–Kier alpha value is -2.09. The van der Waals surface area contributed by atoms with Gasteiger partial charge in [-0.3, -0.25) is 4.79 Å². The smallest absolute Gasteiger partial charge is 0.318 e. The molecule has 2 heteroatoms. The van der Waals surface area contributed by atoms with Gasteiger partial charge in [0.2, 0.25) is 0 Å². The molecular formula is C26H34O2. The summed E-state index contributed by atoms with van der Waals surface area (Å²) in [6, 6.07) is 12.7. The molecule has 1 aliphatic carbocycles. The second-order valence-corrected chi connectivity index (χ2v) is 10.3. The van der Waals surface area contributed by atoms with E-state index in [4.69, 9.17) is 4.74 Å². The molecular weight excluding hydrogens is 344 g/mol. The molecule has 0 spiro atoms. The van der Waals surface area contributed by atoms with E-state index in [1.165, 1.54) is 11.1 Å². The first-order valence-electron chi connectivity index (χ1n) is 10.4. The predicted molar refractivity (Wildman–Crippen MR) is 116 cm³/mol. The standard InChI is InChI=1S/C26H34O2/c1-17-15-21(25(2,3)4)23(22(16-17)26(5,6)7)28-24(27)20-14-10-12-18-11-8-9-13-19(18)20/h8-9,11,13,15-16,20H,10,12,14H2,1-7H3. The fourth-order valence-electron chi connectivity index (χ4n) is 4.17. The molecule has 0 radical (unpaired) electrons. The molecule has 1 atom stereocenters. The van der Waals surface area contributed by atoms with Gasteiger partial charge in [0.1, 0.15) is 5.75 Å². The lowest BCUT2D eigenvalue weighted by atomic mass is 9.78. The maximum absolute atomic E-state index is 13.4. The van der Waals surface area contributed by atoms with Crippen molar-refractivity contribution in [3.05, 3.63) is 64.2 Å². The second kappa shape index (κ2) is 7.39. The number of hydrogen-bond donors (Lipinski definition) is 0. The van der Waals surface area contributed by atoms with E-state index in [2.05, 4.69) is 78.8 Å². The average molecular weight is 379 g/mol. The monoisotopic (exact) mass is 378 g/mol. The maximum Gasteiger partial charge on any atom is 0.318 e. The Labute approximate surface area is 170 Å². The van der Waals surface area contributed by atoms with E-state index in [1.807, 2.05) is 6.07 Å². The van der Waals surface area contributed by atoms with Crippen LogP contribution in [0.3, 0.4) is 0 Å². The molecule has 0 bridgehead atoms. The molecule has 3 rings (SSSR count). The number of esters is 1. The molecule has 0 amide bonds. The average Bonchev–Trinajstić information content (AvgIpc) is 2.60.